The highest BCUT2D eigenvalue weighted by atomic mass is 32.1. The number of ether oxygens (including phenoxy) is 2. The average Bonchev–Trinajstić information content (AvgIpc) is 3.27. The quantitative estimate of drug-likeness (QED) is 0.881. The number of thiazole rings is 1. The normalized spacial score (nSPS) is 24.9. The van der Waals surface area contributed by atoms with E-state index in [1.54, 1.807) is 22.1 Å². The molecule has 1 fully saturated rings. The molecule has 1 aliphatic carbocycles. The molecule has 0 spiro atoms. The molecular weight excluding hydrogens is 352 g/mol. The van der Waals surface area contributed by atoms with Crippen LogP contribution in [0.4, 0.5) is 5.13 Å². The van der Waals surface area contributed by atoms with Crippen molar-refractivity contribution in [3.8, 4) is 0 Å². The number of rotatable bonds is 3. The second-order valence-corrected chi connectivity index (χ2v) is 8.24. The zero-order valence-electron chi connectivity index (χ0n) is 14.6. The van der Waals surface area contributed by atoms with E-state index in [0.29, 0.717) is 19.8 Å². The fourth-order valence-corrected chi connectivity index (χ4v) is 4.99. The topological polar surface area (TPSA) is 78.3 Å². The van der Waals surface area contributed by atoms with E-state index in [-0.39, 0.29) is 17.6 Å². The molecule has 0 saturated carbocycles. The lowest BCUT2D eigenvalue weighted by atomic mass is 9.97. The maximum atomic E-state index is 12.6. The van der Waals surface area contributed by atoms with Crippen molar-refractivity contribution in [1.82, 2.24) is 14.8 Å². The van der Waals surface area contributed by atoms with Crippen molar-refractivity contribution >= 4 is 16.5 Å². The van der Waals surface area contributed by atoms with Crippen LogP contribution in [-0.2, 0) is 35.3 Å². The summed E-state index contributed by atoms with van der Waals surface area (Å²) in [6.07, 6.45) is 5.08. The Hall–Kier alpha value is -1.77. The molecule has 8 heteroatoms. The van der Waals surface area contributed by atoms with Crippen LogP contribution in [-0.4, -0.2) is 40.6 Å². The molecule has 0 radical (unpaired) electrons. The van der Waals surface area contributed by atoms with Gasteiger partial charge in [-0.2, -0.15) is 5.10 Å². The molecule has 26 heavy (non-hydrogen) atoms. The molecule has 2 unspecified atom stereocenters. The second-order valence-electron chi connectivity index (χ2n) is 7.15. The fourth-order valence-electron chi connectivity index (χ4n) is 3.98. The van der Waals surface area contributed by atoms with Crippen molar-refractivity contribution in [3.05, 3.63) is 38.2 Å². The van der Waals surface area contributed by atoms with Gasteiger partial charge in [0.15, 0.2) is 5.13 Å². The third-order valence-electron chi connectivity index (χ3n) is 5.40. The monoisotopic (exact) mass is 374 g/mol. The number of nitrogens with zero attached hydrogens (tertiary/aromatic N) is 3. The van der Waals surface area contributed by atoms with Crippen molar-refractivity contribution in [2.75, 3.05) is 25.1 Å². The summed E-state index contributed by atoms with van der Waals surface area (Å²) < 4.78 is 12.8. The van der Waals surface area contributed by atoms with Gasteiger partial charge in [0.25, 0.3) is 5.56 Å². The molecule has 0 amide bonds. The summed E-state index contributed by atoms with van der Waals surface area (Å²) >= 11 is 1.64. The summed E-state index contributed by atoms with van der Waals surface area (Å²) in [6, 6.07) is 1.67. The molecule has 2 aliphatic heterocycles. The van der Waals surface area contributed by atoms with E-state index in [2.05, 4.69) is 5.32 Å². The van der Waals surface area contributed by atoms with Crippen LogP contribution in [0.5, 0.6) is 0 Å². The molecule has 2 atom stereocenters. The van der Waals surface area contributed by atoms with Crippen LogP contribution in [0.1, 0.15) is 40.7 Å². The third kappa shape index (κ3) is 2.95. The Bertz CT molecular complexity index is 854. The van der Waals surface area contributed by atoms with Gasteiger partial charge in [0, 0.05) is 12.5 Å². The summed E-state index contributed by atoms with van der Waals surface area (Å²) in [4.78, 5) is 18.5. The van der Waals surface area contributed by atoms with Gasteiger partial charge in [-0.1, -0.05) is 11.3 Å². The SMILES string of the molecule is O=c1cc2c(nn1C1COCC1Nc1nc3c(s1)COCC3)CCCC2. The van der Waals surface area contributed by atoms with Crippen molar-refractivity contribution in [1.29, 1.82) is 0 Å². The number of fused-ring (bicyclic) bond motifs is 2. The minimum Gasteiger partial charge on any atom is -0.377 e. The highest BCUT2D eigenvalue weighted by molar-refractivity contribution is 7.15. The Kier molecular flexibility index (Phi) is 4.26. The summed E-state index contributed by atoms with van der Waals surface area (Å²) in [5.41, 5.74) is 3.29. The summed E-state index contributed by atoms with van der Waals surface area (Å²) in [5.74, 6) is 0. The zero-order chi connectivity index (χ0) is 17.5. The number of hydrogen-bond acceptors (Lipinski definition) is 7. The van der Waals surface area contributed by atoms with Gasteiger partial charge in [-0.15, -0.1) is 0 Å². The summed E-state index contributed by atoms with van der Waals surface area (Å²) in [7, 11) is 0. The smallest absolute Gasteiger partial charge is 0.267 e. The van der Waals surface area contributed by atoms with Crippen molar-refractivity contribution in [2.24, 2.45) is 0 Å². The van der Waals surface area contributed by atoms with Gasteiger partial charge in [-0.05, 0) is 31.2 Å². The van der Waals surface area contributed by atoms with Crippen molar-refractivity contribution in [3.63, 3.8) is 0 Å². The molecule has 1 saturated heterocycles. The number of anilines is 1. The highest BCUT2D eigenvalue weighted by Crippen LogP contribution is 2.30. The standard InChI is InChI=1S/C18H22N4O3S/c23-17-7-11-3-1-2-4-12(11)21-22(17)15-9-25-8-14(15)20-18-19-13-5-6-24-10-16(13)26-18/h7,14-15H,1-6,8-10H2,(H,19,20). The second kappa shape index (κ2) is 6.75. The van der Waals surface area contributed by atoms with Crippen LogP contribution in [0, 0.1) is 0 Å². The van der Waals surface area contributed by atoms with Crippen LogP contribution in [0.25, 0.3) is 0 Å². The first-order chi connectivity index (χ1) is 12.8. The van der Waals surface area contributed by atoms with Gasteiger partial charge in [0.1, 0.15) is 6.04 Å². The Balaban J connectivity index is 1.40. The number of nitrogens with one attached hydrogen (secondary N) is 1. The van der Waals surface area contributed by atoms with E-state index in [1.807, 2.05) is 0 Å². The first-order valence-corrected chi connectivity index (χ1v) is 10.1. The molecule has 5 rings (SSSR count). The van der Waals surface area contributed by atoms with Gasteiger partial charge in [-0.25, -0.2) is 9.67 Å². The van der Waals surface area contributed by atoms with E-state index in [1.165, 1.54) is 4.88 Å². The van der Waals surface area contributed by atoms with E-state index in [9.17, 15) is 4.79 Å². The van der Waals surface area contributed by atoms with Crippen molar-refractivity contribution < 1.29 is 9.47 Å². The molecule has 3 aliphatic rings. The molecule has 138 valence electrons. The third-order valence-corrected chi connectivity index (χ3v) is 6.40. The van der Waals surface area contributed by atoms with Crippen LogP contribution in [0.2, 0.25) is 0 Å². The lowest BCUT2D eigenvalue weighted by Gasteiger charge is -2.22. The number of hydrogen-bond donors (Lipinski definition) is 1. The highest BCUT2D eigenvalue weighted by Gasteiger charge is 2.33. The molecule has 2 aromatic heterocycles. The zero-order valence-corrected chi connectivity index (χ0v) is 15.4. The van der Waals surface area contributed by atoms with Gasteiger partial charge in [0.05, 0.1) is 48.7 Å². The van der Waals surface area contributed by atoms with Gasteiger partial charge < -0.3 is 14.8 Å². The van der Waals surface area contributed by atoms with Gasteiger partial charge in [0.2, 0.25) is 0 Å². The van der Waals surface area contributed by atoms with Gasteiger partial charge in [-0.3, -0.25) is 4.79 Å². The summed E-state index contributed by atoms with van der Waals surface area (Å²) in [5, 5.41) is 9.06. The number of aromatic nitrogens is 3. The molecule has 1 N–H and O–H groups in total. The Labute approximate surface area is 155 Å². The number of aryl methyl sites for hydroxylation is 2. The maximum absolute atomic E-state index is 12.6. The van der Waals surface area contributed by atoms with E-state index < -0.39 is 0 Å². The van der Waals surface area contributed by atoms with Crippen LogP contribution < -0.4 is 10.9 Å². The predicted octanol–water partition coefficient (Wildman–Crippen LogP) is 1.70. The van der Waals surface area contributed by atoms with Gasteiger partial charge >= 0.3 is 0 Å². The van der Waals surface area contributed by atoms with E-state index >= 15 is 0 Å². The first-order valence-electron chi connectivity index (χ1n) is 9.30. The molecule has 0 bridgehead atoms. The fraction of sp³-hybridized carbons (Fsp3) is 0.611. The largest absolute Gasteiger partial charge is 0.377 e. The van der Waals surface area contributed by atoms with Crippen LogP contribution in [0.3, 0.4) is 0 Å². The molecular formula is C18H22N4O3S. The van der Waals surface area contributed by atoms with Crippen molar-refractivity contribution in [2.45, 2.75) is 50.8 Å². The minimum absolute atomic E-state index is 0.00429. The van der Waals surface area contributed by atoms with Crippen LogP contribution in [0.15, 0.2) is 10.9 Å². The molecule has 2 aromatic rings. The summed E-state index contributed by atoms with van der Waals surface area (Å²) in [6.45, 7) is 2.43. The lowest BCUT2D eigenvalue weighted by Crippen LogP contribution is -2.38. The first kappa shape index (κ1) is 16.4. The maximum Gasteiger partial charge on any atom is 0.267 e. The molecule has 7 nitrogen and oxygen atoms in total. The molecule has 4 heterocycles. The minimum atomic E-state index is -0.105. The predicted molar refractivity (Wildman–Crippen MR) is 97.9 cm³/mol. The Morgan fingerprint density at radius 2 is 2.08 bits per heavy atom. The lowest BCUT2D eigenvalue weighted by molar-refractivity contribution is 0.112. The van der Waals surface area contributed by atoms with Crippen LogP contribution >= 0.6 is 11.3 Å². The molecule has 0 aromatic carbocycles. The Morgan fingerprint density at radius 1 is 1.15 bits per heavy atom. The average molecular weight is 374 g/mol. The Morgan fingerprint density at radius 3 is 3.00 bits per heavy atom. The van der Waals surface area contributed by atoms with E-state index in [0.717, 1.165) is 60.8 Å². The van der Waals surface area contributed by atoms with E-state index in [4.69, 9.17) is 19.6 Å².